The molecule has 0 spiro atoms. The molecular weight excluding hydrogens is 324 g/mol. The molecule has 4 atom stereocenters. The van der Waals surface area contributed by atoms with Gasteiger partial charge in [-0.15, -0.1) is 0 Å². The Labute approximate surface area is 148 Å². The molecule has 0 bridgehead atoms. The van der Waals surface area contributed by atoms with Gasteiger partial charge in [0.1, 0.15) is 5.22 Å². The molecular formula is C18H36O5Si. The van der Waals surface area contributed by atoms with Crippen LogP contribution >= 0.6 is 0 Å². The van der Waals surface area contributed by atoms with E-state index < -0.39 is 8.56 Å². The van der Waals surface area contributed by atoms with E-state index in [9.17, 15) is 0 Å². The van der Waals surface area contributed by atoms with Crippen LogP contribution in [0.2, 0.25) is 6.04 Å². The Morgan fingerprint density at radius 1 is 1.04 bits per heavy atom. The Kier molecular flexibility index (Phi) is 7.71. The van der Waals surface area contributed by atoms with E-state index in [1.165, 1.54) is 25.7 Å². The van der Waals surface area contributed by atoms with Crippen LogP contribution in [0.5, 0.6) is 0 Å². The number of epoxide rings is 1. The van der Waals surface area contributed by atoms with E-state index in [-0.39, 0.29) is 5.22 Å². The lowest BCUT2D eigenvalue weighted by atomic mass is 9.98. The SMILES string of the molecule is CCCC1(OC)CCCC[Si]1(OC)OC.COC1CCC2OC2C1. The largest absolute Gasteiger partial charge is 0.396 e. The molecule has 0 aromatic heterocycles. The Balaban J connectivity index is 0.000000194. The van der Waals surface area contributed by atoms with Gasteiger partial charge in [0.15, 0.2) is 0 Å². The van der Waals surface area contributed by atoms with Gasteiger partial charge in [-0.1, -0.05) is 26.2 Å². The fourth-order valence-corrected chi connectivity index (χ4v) is 8.50. The van der Waals surface area contributed by atoms with Crippen molar-refractivity contribution in [1.82, 2.24) is 0 Å². The van der Waals surface area contributed by atoms with Crippen LogP contribution in [0.4, 0.5) is 0 Å². The van der Waals surface area contributed by atoms with Gasteiger partial charge in [0.25, 0.3) is 0 Å². The van der Waals surface area contributed by atoms with Gasteiger partial charge in [-0.3, -0.25) is 0 Å². The molecule has 2 saturated heterocycles. The molecule has 2 aliphatic heterocycles. The van der Waals surface area contributed by atoms with Crippen LogP contribution in [0, 0.1) is 0 Å². The molecule has 0 N–H and O–H groups in total. The third kappa shape index (κ3) is 4.22. The molecule has 4 unspecified atom stereocenters. The summed E-state index contributed by atoms with van der Waals surface area (Å²) in [6, 6.07) is 1.06. The molecule has 24 heavy (non-hydrogen) atoms. The summed E-state index contributed by atoms with van der Waals surface area (Å²) in [5.41, 5.74) is 0. The van der Waals surface area contributed by atoms with E-state index in [0.717, 1.165) is 31.7 Å². The third-order valence-corrected chi connectivity index (χ3v) is 10.4. The standard InChI is InChI=1S/C11H24O3Si.C7H12O2/c1-5-8-11(12-2)9-6-7-10-15(11,13-3)14-4;1-8-5-2-3-6-7(4-5)9-6/h5-10H2,1-4H3;5-7H,2-4H2,1H3. The van der Waals surface area contributed by atoms with E-state index in [1.54, 1.807) is 28.4 Å². The lowest BCUT2D eigenvalue weighted by Crippen LogP contribution is -2.64. The van der Waals surface area contributed by atoms with Gasteiger partial charge in [-0.25, -0.2) is 0 Å². The molecule has 3 fully saturated rings. The van der Waals surface area contributed by atoms with Crippen molar-refractivity contribution in [2.75, 3.05) is 28.4 Å². The Morgan fingerprint density at radius 2 is 1.79 bits per heavy atom. The highest BCUT2D eigenvalue weighted by atomic mass is 28.4. The Hall–Kier alpha value is 0.0169. The van der Waals surface area contributed by atoms with Crippen molar-refractivity contribution in [2.45, 2.75) is 87.9 Å². The zero-order valence-corrected chi connectivity index (χ0v) is 17.1. The second-order valence-corrected chi connectivity index (χ2v) is 10.9. The fourth-order valence-electron chi connectivity index (χ4n) is 4.51. The predicted molar refractivity (Wildman–Crippen MR) is 96.4 cm³/mol. The first-order valence-corrected chi connectivity index (χ1v) is 11.5. The minimum absolute atomic E-state index is 0.122. The first-order valence-electron chi connectivity index (χ1n) is 9.44. The molecule has 0 radical (unpaired) electrons. The highest BCUT2D eigenvalue weighted by Gasteiger charge is 2.58. The maximum absolute atomic E-state index is 5.83. The fraction of sp³-hybridized carbons (Fsp3) is 1.00. The summed E-state index contributed by atoms with van der Waals surface area (Å²) in [6.45, 7) is 2.19. The van der Waals surface area contributed by atoms with Crippen molar-refractivity contribution in [3.63, 3.8) is 0 Å². The molecule has 0 amide bonds. The van der Waals surface area contributed by atoms with E-state index in [0.29, 0.717) is 18.3 Å². The minimum atomic E-state index is -2.15. The average Bonchev–Trinajstić information content (AvgIpc) is 3.41. The molecule has 3 rings (SSSR count). The van der Waals surface area contributed by atoms with Crippen LogP contribution in [0.15, 0.2) is 0 Å². The molecule has 1 saturated carbocycles. The van der Waals surface area contributed by atoms with Gasteiger partial charge >= 0.3 is 8.56 Å². The van der Waals surface area contributed by atoms with Crippen LogP contribution in [0.1, 0.15) is 58.3 Å². The van der Waals surface area contributed by atoms with Gasteiger partial charge < -0.3 is 23.1 Å². The van der Waals surface area contributed by atoms with Crippen LogP contribution in [-0.2, 0) is 23.1 Å². The van der Waals surface area contributed by atoms with Crippen LogP contribution < -0.4 is 0 Å². The summed E-state index contributed by atoms with van der Waals surface area (Å²) in [5, 5.41) is -0.122. The summed E-state index contributed by atoms with van der Waals surface area (Å²) >= 11 is 0. The van der Waals surface area contributed by atoms with Crippen molar-refractivity contribution in [3.05, 3.63) is 0 Å². The summed E-state index contributed by atoms with van der Waals surface area (Å²) in [5.74, 6) is 0. The second kappa shape index (κ2) is 9.10. The van der Waals surface area contributed by atoms with Crippen molar-refractivity contribution in [3.8, 4) is 0 Å². The highest BCUT2D eigenvalue weighted by Crippen LogP contribution is 2.42. The maximum atomic E-state index is 5.83. The molecule has 0 aromatic carbocycles. The molecule has 142 valence electrons. The molecule has 3 aliphatic rings. The first-order chi connectivity index (χ1) is 11.6. The van der Waals surface area contributed by atoms with Gasteiger partial charge in [-0.05, 0) is 31.7 Å². The maximum Gasteiger partial charge on any atom is 0.370 e. The number of hydrogen-bond acceptors (Lipinski definition) is 5. The molecule has 1 aliphatic carbocycles. The van der Waals surface area contributed by atoms with Gasteiger partial charge in [0.05, 0.1) is 18.3 Å². The first kappa shape index (κ1) is 20.3. The molecule has 6 heteroatoms. The number of hydrogen-bond donors (Lipinski definition) is 0. The van der Waals surface area contributed by atoms with Crippen molar-refractivity contribution >= 4 is 8.56 Å². The monoisotopic (exact) mass is 360 g/mol. The summed E-state index contributed by atoms with van der Waals surface area (Å²) in [7, 11) is 5.00. The second-order valence-electron chi connectivity index (χ2n) is 7.20. The number of ether oxygens (including phenoxy) is 3. The smallest absolute Gasteiger partial charge is 0.370 e. The lowest BCUT2D eigenvalue weighted by molar-refractivity contribution is -0.0149. The Morgan fingerprint density at radius 3 is 2.33 bits per heavy atom. The number of methoxy groups -OCH3 is 2. The van der Waals surface area contributed by atoms with E-state index in [4.69, 9.17) is 23.1 Å². The van der Waals surface area contributed by atoms with Gasteiger partial charge in [0, 0.05) is 34.9 Å². The van der Waals surface area contributed by atoms with Crippen molar-refractivity contribution in [2.24, 2.45) is 0 Å². The minimum Gasteiger partial charge on any atom is -0.396 e. The normalized spacial score (nSPS) is 37.1. The molecule has 0 aromatic rings. The van der Waals surface area contributed by atoms with E-state index >= 15 is 0 Å². The number of fused-ring (bicyclic) bond motifs is 1. The average molecular weight is 361 g/mol. The third-order valence-electron chi connectivity index (χ3n) is 6.02. The topological polar surface area (TPSA) is 49.5 Å². The van der Waals surface area contributed by atoms with Crippen LogP contribution in [-0.4, -0.2) is 60.5 Å². The summed E-state index contributed by atoms with van der Waals surface area (Å²) in [4.78, 5) is 0. The number of rotatable bonds is 6. The highest BCUT2D eigenvalue weighted by molar-refractivity contribution is 6.70. The van der Waals surface area contributed by atoms with Crippen LogP contribution in [0.25, 0.3) is 0 Å². The summed E-state index contributed by atoms with van der Waals surface area (Å²) in [6.07, 6.45) is 10.9. The van der Waals surface area contributed by atoms with E-state index in [2.05, 4.69) is 6.92 Å². The lowest BCUT2D eigenvalue weighted by Gasteiger charge is -2.47. The Bertz CT molecular complexity index is 372. The molecule has 5 nitrogen and oxygen atoms in total. The van der Waals surface area contributed by atoms with Crippen molar-refractivity contribution in [1.29, 1.82) is 0 Å². The zero-order valence-electron chi connectivity index (χ0n) is 16.1. The predicted octanol–water partition coefficient (Wildman–Crippen LogP) is 3.58. The van der Waals surface area contributed by atoms with Gasteiger partial charge in [0.2, 0.25) is 0 Å². The zero-order chi connectivity index (χ0) is 17.6. The molecule has 2 heterocycles. The van der Waals surface area contributed by atoms with Crippen LogP contribution in [0.3, 0.4) is 0 Å². The van der Waals surface area contributed by atoms with Gasteiger partial charge in [-0.2, -0.15) is 0 Å². The van der Waals surface area contributed by atoms with Crippen molar-refractivity contribution < 1.29 is 23.1 Å². The summed E-state index contributed by atoms with van der Waals surface area (Å²) < 4.78 is 27.9. The quantitative estimate of drug-likeness (QED) is 0.535. The van der Waals surface area contributed by atoms with E-state index in [1.807, 2.05) is 0 Å².